The summed E-state index contributed by atoms with van der Waals surface area (Å²) >= 11 is 0. The number of nitrogens with zero attached hydrogens (tertiary/aromatic N) is 1. The van der Waals surface area contributed by atoms with Crippen LogP contribution in [0, 0.1) is 0 Å². The summed E-state index contributed by atoms with van der Waals surface area (Å²) in [6.07, 6.45) is 1.56. The molecular formula is C9H8N2O3S. The number of aromatic nitrogens is 2. The van der Waals surface area contributed by atoms with Crippen LogP contribution in [0.3, 0.4) is 0 Å². The second-order valence-corrected chi connectivity index (χ2v) is 4.39. The van der Waals surface area contributed by atoms with Gasteiger partial charge in [0.25, 0.3) is 10.1 Å². The van der Waals surface area contributed by atoms with Crippen molar-refractivity contribution in [2.75, 3.05) is 0 Å². The third-order valence-electron chi connectivity index (χ3n) is 1.94. The lowest BCUT2D eigenvalue weighted by Crippen LogP contribution is -1.97. The van der Waals surface area contributed by atoms with Crippen LogP contribution < -0.4 is 0 Å². The zero-order valence-electron chi connectivity index (χ0n) is 7.58. The maximum atomic E-state index is 10.9. The van der Waals surface area contributed by atoms with E-state index in [1.807, 2.05) is 0 Å². The van der Waals surface area contributed by atoms with Crippen molar-refractivity contribution in [1.29, 1.82) is 0 Å². The molecule has 0 aliphatic carbocycles. The van der Waals surface area contributed by atoms with Crippen molar-refractivity contribution in [3.63, 3.8) is 0 Å². The molecule has 2 aromatic rings. The Morgan fingerprint density at radius 2 is 2.07 bits per heavy atom. The quantitative estimate of drug-likeness (QED) is 0.754. The number of H-pyrrole nitrogens is 1. The number of hydrogen-bond acceptors (Lipinski definition) is 3. The smallest absolute Gasteiger partial charge is 0.282 e. The number of hydrogen-bond donors (Lipinski definition) is 2. The maximum Gasteiger partial charge on any atom is 0.294 e. The molecule has 0 aliphatic rings. The first-order valence-corrected chi connectivity index (χ1v) is 5.59. The van der Waals surface area contributed by atoms with Crippen LogP contribution in [0.15, 0.2) is 41.4 Å². The first-order valence-electron chi connectivity index (χ1n) is 4.15. The summed E-state index contributed by atoms with van der Waals surface area (Å²) in [6.45, 7) is 0. The van der Waals surface area contributed by atoms with Crippen LogP contribution in [0.1, 0.15) is 0 Å². The minimum absolute atomic E-state index is 0.130. The normalized spacial score (nSPS) is 11.5. The molecule has 6 heteroatoms. The van der Waals surface area contributed by atoms with E-state index in [-0.39, 0.29) is 4.90 Å². The predicted octanol–water partition coefficient (Wildman–Crippen LogP) is 1.32. The molecule has 1 heterocycles. The summed E-state index contributed by atoms with van der Waals surface area (Å²) in [5.41, 5.74) is 1.35. The Bertz CT molecular complexity index is 561. The van der Waals surface area contributed by atoms with Gasteiger partial charge in [0.1, 0.15) is 0 Å². The molecule has 0 unspecified atom stereocenters. The van der Waals surface area contributed by atoms with Gasteiger partial charge in [0, 0.05) is 11.8 Å². The van der Waals surface area contributed by atoms with Crippen molar-refractivity contribution >= 4 is 10.1 Å². The maximum absolute atomic E-state index is 10.9. The average molecular weight is 224 g/mol. The van der Waals surface area contributed by atoms with Gasteiger partial charge in [0.15, 0.2) is 0 Å². The highest BCUT2D eigenvalue weighted by Gasteiger charge is 2.10. The van der Waals surface area contributed by atoms with Gasteiger partial charge in [0.2, 0.25) is 0 Å². The molecule has 1 aromatic heterocycles. The fraction of sp³-hybridized carbons (Fsp3) is 0. The van der Waals surface area contributed by atoms with E-state index in [0.717, 1.165) is 0 Å². The van der Waals surface area contributed by atoms with Crippen molar-refractivity contribution in [3.8, 4) is 11.3 Å². The third kappa shape index (κ3) is 2.05. The zero-order valence-corrected chi connectivity index (χ0v) is 8.40. The lowest BCUT2D eigenvalue weighted by atomic mass is 10.2. The zero-order chi connectivity index (χ0) is 10.9. The Hall–Kier alpha value is -1.66. The third-order valence-corrected chi connectivity index (χ3v) is 2.79. The Morgan fingerprint density at radius 1 is 1.27 bits per heavy atom. The second kappa shape index (κ2) is 3.48. The summed E-state index contributed by atoms with van der Waals surface area (Å²) in [6, 6.07) is 7.70. The Balaban J connectivity index is 2.53. The highest BCUT2D eigenvalue weighted by molar-refractivity contribution is 7.85. The Morgan fingerprint density at radius 3 is 2.67 bits per heavy atom. The Kier molecular flexibility index (Phi) is 2.29. The van der Waals surface area contributed by atoms with Gasteiger partial charge in [-0.3, -0.25) is 9.65 Å². The second-order valence-electron chi connectivity index (χ2n) is 2.97. The van der Waals surface area contributed by atoms with Crippen LogP contribution in [0.25, 0.3) is 11.3 Å². The summed E-state index contributed by atoms with van der Waals surface area (Å²) in [5, 5.41) is 6.46. The molecule has 2 N–H and O–H groups in total. The van der Waals surface area contributed by atoms with E-state index in [4.69, 9.17) is 4.55 Å². The predicted molar refractivity (Wildman–Crippen MR) is 53.8 cm³/mol. The summed E-state index contributed by atoms with van der Waals surface area (Å²) < 4.78 is 30.6. The van der Waals surface area contributed by atoms with Crippen molar-refractivity contribution in [2.24, 2.45) is 0 Å². The van der Waals surface area contributed by atoms with E-state index >= 15 is 0 Å². The SMILES string of the molecule is O=S(=O)(O)c1cccc(-c2ccn[nH]2)c1. The fourth-order valence-electron chi connectivity index (χ4n) is 1.24. The molecule has 0 saturated carbocycles. The van der Waals surface area contributed by atoms with E-state index in [0.29, 0.717) is 11.3 Å². The molecule has 0 amide bonds. The van der Waals surface area contributed by atoms with Gasteiger partial charge in [-0.15, -0.1) is 0 Å². The minimum Gasteiger partial charge on any atom is -0.282 e. The van der Waals surface area contributed by atoms with E-state index in [9.17, 15) is 8.42 Å². The molecule has 0 fully saturated rings. The standard InChI is InChI=1S/C9H8N2O3S/c12-15(13,14)8-3-1-2-7(6-8)9-4-5-10-11-9/h1-6H,(H,10,11)(H,12,13,14). The largest absolute Gasteiger partial charge is 0.294 e. The van der Waals surface area contributed by atoms with E-state index < -0.39 is 10.1 Å². The summed E-state index contributed by atoms with van der Waals surface area (Å²) in [7, 11) is -4.15. The van der Waals surface area contributed by atoms with Crippen molar-refractivity contribution in [3.05, 3.63) is 36.5 Å². The molecule has 2 rings (SSSR count). The van der Waals surface area contributed by atoms with Crippen LogP contribution in [0.4, 0.5) is 0 Å². The highest BCUT2D eigenvalue weighted by Crippen LogP contribution is 2.19. The van der Waals surface area contributed by atoms with Gasteiger partial charge in [0.05, 0.1) is 10.6 Å². The van der Waals surface area contributed by atoms with E-state index in [2.05, 4.69) is 10.2 Å². The van der Waals surface area contributed by atoms with Crippen LogP contribution in [-0.2, 0) is 10.1 Å². The molecular weight excluding hydrogens is 216 g/mol. The van der Waals surface area contributed by atoms with Crippen molar-refractivity contribution in [1.82, 2.24) is 10.2 Å². The first-order chi connectivity index (χ1) is 7.07. The van der Waals surface area contributed by atoms with Crippen molar-refractivity contribution < 1.29 is 13.0 Å². The lowest BCUT2D eigenvalue weighted by Gasteiger charge is -2.00. The van der Waals surface area contributed by atoms with Gasteiger partial charge in [-0.2, -0.15) is 13.5 Å². The van der Waals surface area contributed by atoms with Crippen LogP contribution in [-0.4, -0.2) is 23.2 Å². The number of rotatable bonds is 2. The minimum atomic E-state index is -4.15. The number of aromatic amines is 1. The molecule has 5 nitrogen and oxygen atoms in total. The lowest BCUT2D eigenvalue weighted by molar-refractivity contribution is 0.483. The molecule has 0 saturated heterocycles. The molecule has 0 aliphatic heterocycles. The monoisotopic (exact) mass is 224 g/mol. The molecule has 15 heavy (non-hydrogen) atoms. The molecule has 0 bridgehead atoms. The van der Waals surface area contributed by atoms with Gasteiger partial charge in [-0.05, 0) is 18.2 Å². The first kappa shape index (κ1) is 9.88. The molecule has 0 atom stereocenters. The average Bonchev–Trinajstić information content (AvgIpc) is 2.69. The van der Waals surface area contributed by atoms with Gasteiger partial charge < -0.3 is 0 Å². The van der Waals surface area contributed by atoms with Gasteiger partial charge in [-0.1, -0.05) is 12.1 Å². The summed E-state index contributed by atoms with van der Waals surface area (Å²) in [4.78, 5) is -0.130. The topological polar surface area (TPSA) is 83.1 Å². The van der Waals surface area contributed by atoms with Gasteiger partial charge >= 0.3 is 0 Å². The van der Waals surface area contributed by atoms with E-state index in [1.165, 1.54) is 12.1 Å². The Labute approximate surface area is 86.5 Å². The molecule has 0 radical (unpaired) electrons. The number of benzene rings is 1. The number of nitrogens with one attached hydrogen (secondary N) is 1. The van der Waals surface area contributed by atoms with Crippen LogP contribution in [0.2, 0.25) is 0 Å². The molecule has 78 valence electrons. The fourth-order valence-corrected chi connectivity index (χ4v) is 1.77. The summed E-state index contributed by atoms with van der Waals surface area (Å²) in [5.74, 6) is 0. The van der Waals surface area contributed by atoms with Crippen LogP contribution >= 0.6 is 0 Å². The van der Waals surface area contributed by atoms with Crippen LogP contribution in [0.5, 0.6) is 0 Å². The molecule has 0 spiro atoms. The van der Waals surface area contributed by atoms with Crippen molar-refractivity contribution in [2.45, 2.75) is 4.90 Å². The highest BCUT2D eigenvalue weighted by atomic mass is 32.2. The molecule has 1 aromatic carbocycles. The van der Waals surface area contributed by atoms with Gasteiger partial charge in [-0.25, -0.2) is 0 Å². The van der Waals surface area contributed by atoms with E-state index in [1.54, 1.807) is 24.4 Å².